The highest BCUT2D eigenvalue weighted by Crippen LogP contribution is 2.43. The molecule has 0 aliphatic heterocycles. The second-order valence-electron chi connectivity index (χ2n) is 3.25. The van der Waals surface area contributed by atoms with Gasteiger partial charge in [-0.05, 0) is 28.1 Å². The topological polar surface area (TPSA) is 70.5 Å². The molecule has 0 atom stereocenters. The van der Waals surface area contributed by atoms with Gasteiger partial charge in [-0.25, -0.2) is 0 Å². The molecule has 2 aromatic rings. The van der Waals surface area contributed by atoms with Crippen LogP contribution in [0.4, 0.5) is 5.82 Å². The summed E-state index contributed by atoms with van der Waals surface area (Å²) in [5, 5.41) is 3.69. The number of ether oxygens (including phenoxy) is 2. The summed E-state index contributed by atoms with van der Waals surface area (Å²) in [6.45, 7) is 0. The van der Waals surface area contributed by atoms with E-state index < -0.39 is 0 Å². The minimum Gasteiger partial charge on any atom is -0.496 e. The molecule has 0 saturated carbocycles. The van der Waals surface area contributed by atoms with Crippen LogP contribution in [0.25, 0.3) is 11.3 Å². The molecule has 0 saturated heterocycles. The molecular weight excluding hydrogens is 288 g/mol. The number of benzene rings is 1. The van der Waals surface area contributed by atoms with Crippen LogP contribution in [0.1, 0.15) is 0 Å². The van der Waals surface area contributed by atoms with Crippen LogP contribution in [0.2, 0.25) is 0 Å². The van der Waals surface area contributed by atoms with Gasteiger partial charge in [0.2, 0.25) is 0 Å². The van der Waals surface area contributed by atoms with Gasteiger partial charge in [-0.1, -0.05) is 11.2 Å². The number of nitrogen functional groups attached to an aromatic ring is 1. The van der Waals surface area contributed by atoms with Crippen molar-refractivity contribution in [3.8, 4) is 22.8 Å². The summed E-state index contributed by atoms with van der Waals surface area (Å²) >= 11 is 3.32. The van der Waals surface area contributed by atoms with Gasteiger partial charge in [0.25, 0.3) is 0 Å². The molecule has 5 nitrogen and oxygen atoms in total. The Hall–Kier alpha value is -1.69. The van der Waals surface area contributed by atoms with Crippen molar-refractivity contribution in [3.05, 3.63) is 22.7 Å². The highest BCUT2D eigenvalue weighted by molar-refractivity contribution is 9.10. The molecule has 2 N–H and O–H groups in total. The van der Waals surface area contributed by atoms with Crippen LogP contribution in [0, 0.1) is 0 Å². The quantitative estimate of drug-likeness (QED) is 0.943. The van der Waals surface area contributed by atoms with Crippen LogP contribution in [-0.4, -0.2) is 19.4 Å². The van der Waals surface area contributed by atoms with Gasteiger partial charge < -0.3 is 19.7 Å². The van der Waals surface area contributed by atoms with Crippen molar-refractivity contribution >= 4 is 21.7 Å². The number of aromatic nitrogens is 1. The molecule has 0 bridgehead atoms. The van der Waals surface area contributed by atoms with Gasteiger partial charge in [0.05, 0.1) is 14.2 Å². The van der Waals surface area contributed by atoms with E-state index in [0.717, 1.165) is 0 Å². The number of hydrogen-bond acceptors (Lipinski definition) is 5. The van der Waals surface area contributed by atoms with Crippen molar-refractivity contribution in [2.24, 2.45) is 0 Å². The number of halogens is 1. The van der Waals surface area contributed by atoms with Crippen molar-refractivity contribution in [3.63, 3.8) is 0 Å². The van der Waals surface area contributed by atoms with Gasteiger partial charge >= 0.3 is 0 Å². The lowest BCUT2D eigenvalue weighted by molar-refractivity contribution is 0.387. The van der Waals surface area contributed by atoms with E-state index in [2.05, 4.69) is 21.1 Å². The van der Waals surface area contributed by atoms with Crippen LogP contribution in [0.5, 0.6) is 11.5 Å². The normalized spacial score (nSPS) is 10.3. The Balaban J connectivity index is 2.68. The van der Waals surface area contributed by atoms with Crippen molar-refractivity contribution in [2.75, 3.05) is 20.0 Å². The molecule has 0 radical (unpaired) electrons. The van der Waals surface area contributed by atoms with E-state index in [0.29, 0.717) is 27.3 Å². The predicted octanol–water partition coefficient (Wildman–Crippen LogP) is 2.70. The summed E-state index contributed by atoms with van der Waals surface area (Å²) in [6, 6.07) is 5.45. The number of hydrogen-bond donors (Lipinski definition) is 1. The third-order valence-corrected chi connectivity index (χ3v) is 3.08. The van der Waals surface area contributed by atoms with Crippen LogP contribution in [0.3, 0.4) is 0 Å². The number of nitrogens with zero attached hydrogens (tertiary/aromatic N) is 1. The summed E-state index contributed by atoms with van der Waals surface area (Å²) in [5.41, 5.74) is 6.30. The van der Waals surface area contributed by atoms with Crippen molar-refractivity contribution in [2.45, 2.75) is 0 Å². The summed E-state index contributed by atoms with van der Waals surface area (Å²) in [4.78, 5) is 0. The Morgan fingerprint density at radius 2 is 1.82 bits per heavy atom. The van der Waals surface area contributed by atoms with E-state index in [1.54, 1.807) is 14.2 Å². The molecule has 1 aromatic carbocycles. The van der Waals surface area contributed by atoms with Gasteiger partial charge in [-0.2, -0.15) is 0 Å². The molecule has 0 amide bonds. The summed E-state index contributed by atoms with van der Waals surface area (Å²) in [6.07, 6.45) is 0. The van der Waals surface area contributed by atoms with Crippen LogP contribution >= 0.6 is 15.9 Å². The molecule has 2 rings (SSSR count). The van der Waals surface area contributed by atoms with Crippen molar-refractivity contribution in [1.29, 1.82) is 0 Å². The van der Waals surface area contributed by atoms with Crippen LogP contribution in [0.15, 0.2) is 27.2 Å². The summed E-state index contributed by atoms with van der Waals surface area (Å²) in [7, 11) is 3.15. The number of methoxy groups -OCH3 is 2. The fourth-order valence-corrected chi connectivity index (χ4v) is 1.86. The zero-order valence-corrected chi connectivity index (χ0v) is 10.9. The Bertz CT molecular complexity index is 517. The molecule has 6 heteroatoms. The molecule has 17 heavy (non-hydrogen) atoms. The Morgan fingerprint density at radius 1 is 1.24 bits per heavy atom. The largest absolute Gasteiger partial charge is 0.496 e. The SMILES string of the molecule is COc1cccc(OC)c1-c1onc(N)c1Br. The van der Waals surface area contributed by atoms with E-state index in [4.69, 9.17) is 19.7 Å². The minimum atomic E-state index is 0.285. The molecule has 90 valence electrons. The summed E-state index contributed by atoms with van der Waals surface area (Å²) < 4.78 is 16.3. The van der Waals surface area contributed by atoms with E-state index >= 15 is 0 Å². The van der Waals surface area contributed by atoms with E-state index in [-0.39, 0.29) is 5.82 Å². The monoisotopic (exact) mass is 298 g/mol. The fourth-order valence-electron chi connectivity index (χ4n) is 1.52. The highest BCUT2D eigenvalue weighted by atomic mass is 79.9. The zero-order chi connectivity index (χ0) is 12.4. The molecule has 0 unspecified atom stereocenters. The smallest absolute Gasteiger partial charge is 0.190 e. The third-order valence-electron chi connectivity index (χ3n) is 2.31. The van der Waals surface area contributed by atoms with Gasteiger partial charge in [-0.3, -0.25) is 0 Å². The first-order valence-electron chi connectivity index (χ1n) is 4.81. The predicted molar refractivity (Wildman–Crippen MR) is 67.2 cm³/mol. The first kappa shape index (κ1) is 11.8. The second kappa shape index (κ2) is 4.67. The standard InChI is InChI=1S/C11H11BrN2O3/c1-15-6-4-3-5-7(16-2)8(6)10-9(12)11(13)14-17-10/h3-5H,1-2H3,(H2,13,14). The molecule has 0 aliphatic carbocycles. The number of nitrogens with two attached hydrogens (primary N) is 1. The van der Waals surface area contributed by atoms with Gasteiger partial charge in [0.15, 0.2) is 11.6 Å². The first-order valence-corrected chi connectivity index (χ1v) is 5.60. The maximum atomic E-state index is 5.63. The van der Waals surface area contributed by atoms with E-state index in [1.165, 1.54) is 0 Å². The minimum absolute atomic E-state index is 0.285. The number of anilines is 1. The molecule has 0 aliphatic rings. The van der Waals surface area contributed by atoms with E-state index in [1.807, 2.05) is 18.2 Å². The van der Waals surface area contributed by atoms with Crippen molar-refractivity contribution < 1.29 is 14.0 Å². The molecular formula is C11H11BrN2O3. The maximum Gasteiger partial charge on any atom is 0.190 e. The zero-order valence-electron chi connectivity index (χ0n) is 9.36. The second-order valence-corrected chi connectivity index (χ2v) is 4.04. The van der Waals surface area contributed by atoms with E-state index in [9.17, 15) is 0 Å². The lowest BCUT2D eigenvalue weighted by Gasteiger charge is -2.10. The molecule has 1 aromatic heterocycles. The Morgan fingerprint density at radius 3 is 2.24 bits per heavy atom. The molecule has 1 heterocycles. The van der Waals surface area contributed by atoms with Gasteiger partial charge in [-0.15, -0.1) is 0 Å². The lowest BCUT2D eigenvalue weighted by atomic mass is 10.1. The summed E-state index contributed by atoms with van der Waals surface area (Å²) in [5.74, 6) is 2.02. The average Bonchev–Trinajstić information content (AvgIpc) is 2.69. The average molecular weight is 299 g/mol. The van der Waals surface area contributed by atoms with Gasteiger partial charge in [0.1, 0.15) is 21.5 Å². The molecule has 0 spiro atoms. The maximum absolute atomic E-state index is 5.63. The Labute approximate surface area is 107 Å². The highest BCUT2D eigenvalue weighted by Gasteiger charge is 2.21. The van der Waals surface area contributed by atoms with Crippen LogP contribution in [-0.2, 0) is 0 Å². The van der Waals surface area contributed by atoms with Crippen molar-refractivity contribution in [1.82, 2.24) is 5.16 Å². The van der Waals surface area contributed by atoms with Crippen LogP contribution < -0.4 is 15.2 Å². The van der Waals surface area contributed by atoms with Gasteiger partial charge in [0, 0.05) is 0 Å². The fraction of sp³-hybridized carbons (Fsp3) is 0.182. The Kier molecular flexibility index (Phi) is 3.23. The number of rotatable bonds is 3. The first-order chi connectivity index (χ1) is 8.19. The third kappa shape index (κ3) is 1.95. The molecule has 0 fully saturated rings. The lowest BCUT2D eigenvalue weighted by Crippen LogP contribution is -1.92.